The number of aromatic nitrogens is 1. The van der Waals surface area contributed by atoms with Crippen LogP contribution in [0.3, 0.4) is 0 Å². The van der Waals surface area contributed by atoms with Gasteiger partial charge in [-0.05, 0) is 53.8 Å². The lowest BCUT2D eigenvalue weighted by atomic mass is 10.1. The van der Waals surface area contributed by atoms with E-state index < -0.39 is 0 Å². The standard InChI is InChI=1S/C17H21N3OS2/c21-17(16-14-4-9-22-15(14)5-10-23-16)20-8-2-7-19-12-13-3-1-6-18-11-13/h1,3-4,6,9,11,16,19H,2,5,7-8,10,12H2,(H,20,21)/t16-/m0/s1. The highest BCUT2D eigenvalue weighted by molar-refractivity contribution is 8.00. The van der Waals surface area contributed by atoms with Crippen molar-refractivity contribution in [3.05, 3.63) is 52.0 Å². The van der Waals surface area contributed by atoms with Crippen LogP contribution in [0, 0.1) is 0 Å². The molecule has 1 aliphatic heterocycles. The van der Waals surface area contributed by atoms with Gasteiger partial charge in [0.05, 0.1) is 0 Å². The van der Waals surface area contributed by atoms with Crippen LogP contribution >= 0.6 is 23.1 Å². The third kappa shape index (κ3) is 4.56. The molecule has 1 amide bonds. The normalized spacial score (nSPS) is 16.8. The summed E-state index contributed by atoms with van der Waals surface area (Å²) in [6, 6.07) is 6.10. The minimum atomic E-state index is -0.0200. The van der Waals surface area contributed by atoms with Crippen LogP contribution in [0.15, 0.2) is 36.0 Å². The number of amides is 1. The van der Waals surface area contributed by atoms with Crippen molar-refractivity contribution >= 4 is 29.0 Å². The zero-order valence-electron chi connectivity index (χ0n) is 13.0. The molecule has 23 heavy (non-hydrogen) atoms. The van der Waals surface area contributed by atoms with Gasteiger partial charge in [-0.15, -0.1) is 23.1 Å². The zero-order valence-corrected chi connectivity index (χ0v) is 14.6. The molecule has 122 valence electrons. The number of pyridine rings is 1. The molecule has 0 saturated carbocycles. The van der Waals surface area contributed by atoms with Gasteiger partial charge in [-0.2, -0.15) is 0 Å². The molecule has 6 heteroatoms. The van der Waals surface area contributed by atoms with E-state index in [0.29, 0.717) is 0 Å². The van der Waals surface area contributed by atoms with Crippen molar-refractivity contribution in [2.24, 2.45) is 0 Å². The predicted molar refractivity (Wildman–Crippen MR) is 96.8 cm³/mol. The minimum Gasteiger partial charge on any atom is -0.355 e. The lowest BCUT2D eigenvalue weighted by Crippen LogP contribution is -2.31. The second-order valence-corrected chi connectivity index (χ2v) is 7.70. The van der Waals surface area contributed by atoms with Crippen molar-refractivity contribution in [1.82, 2.24) is 15.6 Å². The van der Waals surface area contributed by atoms with Gasteiger partial charge in [0.2, 0.25) is 5.91 Å². The number of nitrogens with zero attached hydrogens (tertiary/aromatic N) is 1. The summed E-state index contributed by atoms with van der Waals surface area (Å²) in [5.74, 6) is 1.19. The Bertz CT molecular complexity index is 630. The topological polar surface area (TPSA) is 54.0 Å². The van der Waals surface area contributed by atoms with Gasteiger partial charge in [0, 0.05) is 30.4 Å². The van der Waals surface area contributed by atoms with Gasteiger partial charge < -0.3 is 10.6 Å². The molecule has 0 saturated heterocycles. The Morgan fingerprint density at radius 2 is 2.30 bits per heavy atom. The first kappa shape index (κ1) is 16.5. The van der Waals surface area contributed by atoms with E-state index in [9.17, 15) is 4.79 Å². The van der Waals surface area contributed by atoms with Crippen LogP contribution in [0.1, 0.15) is 27.7 Å². The SMILES string of the molecule is O=C(NCCCNCc1cccnc1)[C@H]1SCCc2sccc21. The summed E-state index contributed by atoms with van der Waals surface area (Å²) in [6.45, 7) is 2.42. The van der Waals surface area contributed by atoms with Crippen LogP contribution in [0.25, 0.3) is 0 Å². The molecule has 1 aliphatic rings. The van der Waals surface area contributed by atoms with Crippen molar-refractivity contribution in [2.45, 2.75) is 24.6 Å². The van der Waals surface area contributed by atoms with E-state index in [0.717, 1.165) is 38.2 Å². The fourth-order valence-corrected chi connectivity index (χ4v) is 4.93. The molecule has 2 aromatic heterocycles. The molecule has 0 fully saturated rings. The van der Waals surface area contributed by atoms with Crippen molar-refractivity contribution in [1.29, 1.82) is 0 Å². The summed E-state index contributed by atoms with van der Waals surface area (Å²) in [6.07, 6.45) is 5.67. The lowest BCUT2D eigenvalue weighted by Gasteiger charge is -2.21. The van der Waals surface area contributed by atoms with Gasteiger partial charge in [-0.3, -0.25) is 9.78 Å². The molecular weight excluding hydrogens is 326 g/mol. The Balaban J connectivity index is 1.34. The average molecular weight is 348 g/mol. The number of thioether (sulfide) groups is 1. The van der Waals surface area contributed by atoms with E-state index in [1.807, 2.05) is 12.3 Å². The second-order valence-electron chi connectivity index (χ2n) is 5.48. The largest absolute Gasteiger partial charge is 0.355 e. The van der Waals surface area contributed by atoms with Crippen LogP contribution in [0.4, 0.5) is 0 Å². The van der Waals surface area contributed by atoms with Crippen LogP contribution in [-0.4, -0.2) is 29.7 Å². The maximum absolute atomic E-state index is 12.4. The number of nitrogens with one attached hydrogen (secondary N) is 2. The Kier molecular flexibility index (Phi) is 6.07. The Morgan fingerprint density at radius 3 is 3.17 bits per heavy atom. The number of fused-ring (bicyclic) bond motifs is 1. The third-order valence-electron chi connectivity index (χ3n) is 3.80. The number of hydrogen-bond donors (Lipinski definition) is 2. The first-order valence-corrected chi connectivity index (χ1v) is 9.82. The van der Waals surface area contributed by atoms with Crippen molar-refractivity contribution in [2.75, 3.05) is 18.8 Å². The van der Waals surface area contributed by atoms with Crippen LogP contribution in [0.2, 0.25) is 0 Å². The summed E-state index contributed by atoms with van der Waals surface area (Å²) in [7, 11) is 0. The first-order valence-electron chi connectivity index (χ1n) is 7.90. The number of aryl methyl sites for hydroxylation is 1. The number of thiophene rings is 1. The van der Waals surface area contributed by atoms with E-state index in [1.165, 1.54) is 16.0 Å². The average Bonchev–Trinajstić information content (AvgIpc) is 3.07. The first-order chi connectivity index (χ1) is 11.3. The molecule has 0 bridgehead atoms. The number of hydrogen-bond acceptors (Lipinski definition) is 5. The van der Waals surface area contributed by atoms with E-state index in [2.05, 4.69) is 33.1 Å². The summed E-state index contributed by atoms with van der Waals surface area (Å²) in [5.41, 5.74) is 2.40. The quantitative estimate of drug-likeness (QED) is 0.756. The highest BCUT2D eigenvalue weighted by Crippen LogP contribution is 2.39. The van der Waals surface area contributed by atoms with Crippen LogP contribution in [-0.2, 0) is 17.8 Å². The van der Waals surface area contributed by atoms with Gasteiger partial charge in [-0.25, -0.2) is 0 Å². The van der Waals surface area contributed by atoms with Crippen molar-refractivity contribution in [3.63, 3.8) is 0 Å². The summed E-state index contributed by atoms with van der Waals surface area (Å²) in [4.78, 5) is 17.8. The molecule has 2 N–H and O–H groups in total. The predicted octanol–water partition coefficient (Wildman–Crippen LogP) is 2.77. The number of rotatable bonds is 7. The molecule has 3 heterocycles. The molecular formula is C17H21N3OS2. The van der Waals surface area contributed by atoms with Gasteiger partial charge in [0.15, 0.2) is 0 Å². The van der Waals surface area contributed by atoms with Gasteiger partial charge in [-0.1, -0.05) is 6.07 Å². The third-order valence-corrected chi connectivity index (χ3v) is 6.03. The minimum absolute atomic E-state index is 0.0200. The zero-order chi connectivity index (χ0) is 15.9. The van der Waals surface area contributed by atoms with Gasteiger partial charge in [0.1, 0.15) is 5.25 Å². The summed E-state index contributed by atoms with van der Waals surface area (Å²) in [5, 5.41) is 8.52. The monoisotopic (exact) mass is 347 g/mol. The van der Waals surface area contributed by atoms with Crippen molar-refractivity contribution < 1.29 is 4.79 Å². The fraction of sp³-hybridized carbons (Fsp3) is 0.412. The summed E-state index contributed by atoms with van der Waals surface area (Å²) >= 11 is 3.53. The van der Waals surface area contributed by atoms with Gasteiger partial charge >= 0.3 is 0 Å². The van der Waals surface area contributed by atoms with Crippen molar-refractivity contribution in [3.8, 4) is 0 Å². The molecule has 0 aliphatic carbocycles. The highest BCUT2D eigenvalue weighted by atomic mass is 32.2. The Morgan fingerprint density at radius 1 is 1.35 bits per heavy atom. The maximum atomic E-state index is 12.4. The van der Waals surface area contributed by atoms with Crippen LogP contribution < -0.4 is 10.6 Å². The molecule has 0 radical (unpaired) electrons. The Hall–Kier alpha value is -1.37. The van der Waals surface area contributed by atoms with E-state index >= 15 is 0 Å². The fourth-order valence-electron chi connectivity index (χ4n) is 2.62. The molecule has 0 spiro atoms. The molecule has 0 unspecified atom stereocenters. The second kappa shape index (κ2) is 8.47. The smallest absolute Gasteiger partial charge is 0.237 e. The van der Waals surface area contributed by atoms with Gasteiger partial charge in [0.25, 0.3) is 0 Å². The molecule has 1 atom stereocenters. The molecule has 3 rings (SSSR count). The van der Waals surface area contributed by atoms with E-state index in [4.69, 9.17) is 0 Å². The molecule has 0 aromatic carbocycles. The number of carbonyl (C=O) groups excluding carboxylic acids is 1. The van der Waals surface area contributed by atoms with E-state index in [1.54, 1.807) is 29.3 Å². The van der Waals surface area contributed by atoms with Crippen LogP contribution in [0.5, 0.6) is 0 Å². The Labute approximate surface area is 145 Å². The number of carbonyl (C=O) groups is 1. The maximum Gasteiger partial charge on any atom is 0.237 e. The summed E-state index contributed by atoms with van der Waals surface area (Å²) < 4.78 is 0. The molecule has 2 aromatic rings. The highest BCUT2D eigenvalue weighted by Gasteiger charge is 2.27. The lowest BCUT2D eigenvalue weighted by molar-refractivity contribution is -0.120. The van der Waals surface area contributed by atoms with E-state index in [-0.39, 0.29) is 11.2 Å². The molecule has 4 nitrogen and oxygen atoms in total.